The molecule has 6 nitrogen and oxygen atoms in total. The number of aliphatic carboxylic acids is 2. The number of aromatic amines is 1. The van der Waals surface area contributed by atoms with E-state index in [2.05, 4.69) is 4.98 Å². The Balaban J connectivity index is 0. The van der Waals surface area contributed by atoms with Crippen molar-refractivity contribution >= 4 is 11.9 Å². The number of carboxylic acids is 2. The number of hydrogen-bond acceptors (Lipinski definition) is 5. The van der Waals surface area contributed by atoms with Crippen LogP contribution in [0.25, 0.3) is 0 Å². The number of nitrogens with one attached hydrogen (secondary N) is 1. The van der Waals surface area contributed by atoms with Crippen molar-refractivity contribution in [2.24, 2.45) is 0 Å². The van der Waals surface area contributed by atoms with E-state index in [1.165, 1.54) is 4.90 Å². The summed E-state index contributed by atoms with van der Waals surface area (Å²) in [6, 6.07) is 3.66. The van der Waals surface area contributed by atoms with Gasteiger partial charge in [0, 0.05) is 37.9 Å². The van der Waals surface area contributed by atoms with Gasteiger partial charge in [-0.25, -0.2) is 0 Å². The Morgan fingerprint density at radius 1 is 1.17 bits per heavy atom. The van der Waals surface area contributed by atoms with E-state index in [4.69, 9.17) is 0 Å². The van der Waals surface area contributed by atoms with Crippen molar-refractivity contribution in [3.63, 3.8) is 0 Å². The molecule has 0 saturated heterocycles. The molecule has 0 fully saturated rings. The third-order valence-corrected chi connectivity index (χ3v) is 2.07. The molecule has 0 bridgehead atoms. The molecule has 1 rings (SSSR count). The minimum absolute atomic E-state index is 0. The molecule has 1 N–H and O–H groups in total. The van der Waals surface area contributed by atoms with Crippen LogP contribution < -0.4 is 69.3 Å². The third-order valence-electron chi connectivity index (χ3n) is 2.07. The van der Waals surface area contributed by atoms with Gasteiger partial charge in [0.25, 0.3) is 0 Å². The molecule has 0 aliphatic carbocycles. The fourth-order valence-electron chi connectivity index (χ4n) is 1.38. The molecule has 0 radical (unpaired) electrons. The van der Waals surface area contributed by atoms with E-state index in [1.54, 1.807) is 6.20 Å². The standard InChI is InChI=1S/C10H14N2O4.2Na/c13-9(14)6-12(7-10(15)16)5-3-8-2-1-4-11-8;;/h1-2,4,11H,3,5-7H2,(H,13,14)(H,15,16);;/q;2*+1/p-2. The van der Waals surface area contributed by atoms with Crippen LogP contribution in [0.4, 0.5) is 0 Å². The largest absolute Gasteiger partial charge is 1.00 e. The molecule has 8 heteroatoms. The summed E-state index contributed by atoms with van der Waals surface area (Å²) in [5, 5.41) is 20.8. The minimum atomic E-state index is -1.30. The maximum atomic E-state index is 10.4. The molecule has 0 aliphatic rings. The van der Waals surface area contributed by atoms with Gasteiger partial charge in [0.1, 0.15) is 0 Å². The molecule has 0 spiro atoms. The van der Waals surface area contributed by atoms with Crippen molar-refractivity contribution in [3.05, 3.63) is 24.0 Å². The Bertz CT molecular complexity index is 341. The third kappa shape index (κ3) is 9.16. The average Bonchev–Trinajstić information content (AvgIpc) is 2.64. The van der Waals surface area contributed by atoms with E-state index in [9.17, 15) is 19.8 Å². The number of H-pyrrole nitrogens is 1. The number of aromatic nitrogens is 1. The molecular formula is C10H12N2Na2O4. The second kappa shape index (κ2) is 11.0. The van der Waals surface area contributed by atoms with Crippen LogP contribution in [0, 0.1) is 0 Å². The molecule has 88 valence electrons. The summed E-state index contributed by atoms with van der Waals surface area (Å²) in [4.78, 5) is 25.0. The normalized spacial score (nSPS) is 9.39. The van der Waals surface area contributed by atoms with E-state index in [-0.39, 0.29) is 59.1 Å². The van der Waals surface area contributed by atoms with Crippen molar-refractivity contribution in [2.45, 2.75) is 6.42 Å². The summed E-state index contributed by atoms with van der Waals surface area (Å²) < 4.78 is 0. The van der Waals surface area contributed by atoms with Gasteiger partial charge in [-0.05, 0) is 12.1 Å². The molecule has 1 heterocycles. The zero-order valence-corrected chi connectivity index (χ0v) is 14.6. The van der Waals surface area contributed by atoms with Crippen molar-refractivity contribution in [1.82, 2.24) is 9.88 Å². The molecule has 0 saturated carbocycles. The fraction of sp³-hybridized carbons (Fsp3) is 0.400. The predicted molar refractivity (Wildman–Crippen MR) is 51.0 cm³/mol. The number of carbonyl (C=O) groups is 2. The molecule has 1 aromatic heterocycles. The minimum Gasteiger partial charge on any atom is -0.549 e. The molecular weight excluding hydrogens is 258 g/mol. The van der Waals surface area contributed by atoms with Crippen LogP contribution in [-0.4, -0.2) is 41.5 Å². The Morgan fingerprint density at radius 2 is 1.72 bits per heavy atom. The maximum Gasteiger partial charge on any atom is 1.00 e. The summed E-state index contributed by atoms with van der Waals surface area (Å²) in [6.45, 7) is -0.494. The van der Waals surface area contributed by atoms with Crippen LogP contribution in [-0.2, 0) is 16.0 Å². The molecule has 0 unspecified atom stereocenters. The first kappa shape index (κ1) is 20.5. The number of nitrogens with zero attached hydrogens (tertiary/aromatic N) is 1. The van der Waals surface area contributed by atoms with Crippen molar-refractivity contribution in [2.75, 3.05) is 19.6 Å². The van der Waals surface area contributed by atoms with Crippen LogP contribution in [0.2, 0.25) is 0 Å². The van der Waals surface area contributed by atoms with E-state index in [0.717, 1.165) is 5.69 Å². The van der Waals surface area contributed by atoms with Crippen LogP contribution in [0.1, 0.15) is 5.69 Å². The van der Waals surface area contributed by atoms with Gasteiger partial charge in [0.2, 0.25) is 0 Å². The number of carbonyl (C=O) groups excluding carboxylic acids is 2. The fourth-order valence-corrected chi connectivity index (χ4v) is 1.38. The van der Waals surface area contributed by atoms with Crippen molar-refractivity contribution in [1.29, 1.82) is 0 Å². The Morgan fingerprint density at radius 3 is 2.11 bits per heavy atom. The van der Waals surface area contributed by atoms with Gasteiger partial charge in [0.15, 0.2) is 0 Å². The van der Waals surface area contributed by atoms with Gasteiger partial charge < -0.3 is 24.8 Å². The van der Waals surface area contributed by atoms with Crippen LogP contribution >= 0.6 is 0 Å². The molecule has 0 amide bonds. The van der Waals surface area contributed by atoms with E-state index < -0.39 is 25.0 Å². The van der Waals surface area contributed by atoms with Crippen LogP contribution in [0.5, 0.6) is 0 Å². The summed E-state index contributed by atoms with van der Waals surface area (Å²) in [5.74, 6) is -2.60. The summed E-state index contributed by atoms with van der Waals surface area (Å²) in [7, 11) is 0. The van der Waals surface area contributed by atoms with Crippen LogP contribution in [0.3, 0.4) is 0 Å². The molecule has 0 aromatic carbocycles. The SMILES string of the molecule is O=C([O-])CN(CCc1ccc[nH]1)CC(=O)[O-].[Na+].[Na+]. The quantitative estimate of drug-likeness (QED) is 0.496. The monoisotopic (exact) mass is 270 g/mol. The van der Waals surface area contributed by atoms with Crippen molar-refractivity contribution in [3.8, 4) is 0 Å². The first-order valence-electron chi connectivity index (χ1n) is 4.82. The topological polar surface area (TPSA) is 99.3 Å². The predicted octanol–water partition coefficient (Wildman–Crippen LogP) is -8.63. The smallest absolute Gasteiger partial charge is 0.549 e. The van der Waals surface area contributed by atoms with E-state index in [1.807, 2.05) is 12.1 Å². The Labute approximate surface area is 149 Å². The Kier molecular flexibility index (Phi) is 12.6. The number of rotatable bonds is 7. The van der Waals surface area contributed by atoms with Gasteiger partial charge in [-0.2, -0.15) is 0 Å². The second-order valence-corrected chi connectivity index (χ2v) is 3.40. The van der Waals surface area contributed by atoms with Crippen molar-refractivity contribution < 1.29 is 78.9 Å². The maximum absolute atomic E-state index is 10.4. The van der Waals surface area contributed by atoms with E-state index in [0.29, 0.717) is 13.0 Å². The Hall–Kier alpha value is 0.180. The number of hydrogen-bond donors (Lipinski definition) is 1. The zero-order valence-electron chi connectivity index (χ0n) is 10.6. The first-order chi connectivity index (χ1) is 7.58. The number of carboxylic acid groups (broad SMARTS) is 2. The van der Waals surface area contributed by atoms with Gasteiger partial charge in [-0.15, -0.1) is 0 Å². The second-order valence-electron chi connectivity index (χ2n) is 3.40. The average molecular weight is 270 g/mol. The van der Waals surface area contributed by atoms with Crippen LogP contribution in [0.15, 0.2) is 18.3 Å². The van der Waals surface area contributed by atoms with Gasteiger partial charge >= 0.3 is 59.1 Å². The first-order valence-corrected chi connectivity index (χ1v) is 4.82. The summed E-state index contributed by atoms with van der Waals surface area (Å²) in [6.07, 6.45) is 2.30. The summed E-state index contributed by atoms with van der Waals surface area (Å²) >= 11 is 0. The summed E-state index contributed by atoms with van der Waals surface area (Å²) in [5.41, 5.74) is 0.918. The van der Waals surface area contributed by atoms with Gasteiger partial charge in [-0.3, -0.25) is 4.90 Å². The molecule has 1 aromatic rings. The van der Waals surface area contributed by atoms with Gasteiger partial charge in [0.05, 0.1) is 11.9 Å². The van der Waals surface area contributed by atoms with Gasteiger partial charge in [-0.1, -0.05) is 0 Å². The zero-order chi connectivity index (χ0) is 12.0. The van der Waals surface area contributed by atoms with E-state index >= 15 is 0 Å². The molecule has 0 aliphatic heterocycles. The molecule has 18 heavy (non-hydrogen) atoms. The molecule has 0 atom stereocenters.